The summed E-state index contributed by atoms with van der Waals surface area (Å²) in [5.41, 5.74) is 3.88. The first-order valence-electron chi connectivity index (χ1n) is 4.92. The molecule has 3 heteroatoms. The summed E-state index contributed by atoms with van der Waals surface area (Å²) in [6.07, 6.45) is 1.45. The Labute approximate surface area is 97.5 Å². The van der Waals surface area contributed by atoms with E-state index in [0.29, 0.717) is 0 Å². The maximum Gasteiger partial charge on any atom is 0.181 e. The van der Waals surface area contributed by atoms with Crippen LogP contribution in [0.15, 0.2) is 53.3 Å². The minimum absolute atomic E-state index is 0.740. The molecule has 78 valence electrons. The summed E-state index contributed by atoms with van der Waals surface area (Å²) < 4.78 is 5.27. The molecule has 0 saturated heterocycles. The van der Waals surface area contributed by atoms with Gasteiger partial charge in [-0.15, -0.1) is 0 Å². The molecule has 0 atom stereocenters. The summed E-state index contributed by atoms with van der Waals surface area (Å²) in [7, 11) is 0. The molecule has 0 aliphatic heterocycles. The van der Waals surface area contributed by atoms with Crippen LogP contribution in [0.25, 0.3) is 22.2 Å². The van der Waals surface area contributed by atoms with E-state index in [2.05, 4.69) is 4.98 Å². The molecule has 1 aromatic heterocycles. The van der Waals surface area contributed by atoms with Crippen LogP contribution in [0.1, 0.15) is 0 Å². The van der Waals surface area contributed by atoms with Crippen molar-refractivity contribution in [1.29, 1.82) is 0 Å². The Morgan fingerprint density at radius 2 is 1.69 bits per heavy atom. The van der Waals surface area contributed by atoms with Gasteiger partial charge in [-0.05, 0) is 35.4 Å². The highest BCUT2D eigenvalue weighted by molar-refractivity contribution is 6.30. The van der Waals surface area contributed by atoms with E-state index in [9.17, 15) is 0 Å². The van der Waals surface area contributed by atoms with Crippen LogP contribution >= 0.6 is 11.6 Å². The monoisotopic (exact) mass is 229 g/mol. The third-order valence-electron chi connectivity index (χ3n) is 2.51. The second kappa shape index (κ2) is 3.65. The number of halogens is 1. The van der Waals surface area contributed by atoms with Crippen LogP contribution in [0.5, 0.6) is 0 Å². The van der Waals surface area contributed by atoms with Gasteiger partial charge in [0.1, 0.15) is 5.52 Å². The van der Waals surface area contributed by atoms with E-state index in [1.54, 1.807) is 0 Å². The van der Waals surface area contributed by atoms with Crippen molar-refractivity contribution in [2.45, 2.75) is 0 Å². The van der Waals surface area contributed by atoms with Crippen molar-refractivity contribution in [2.24, 2.45) is 0 Å². The lowest BCUT2D eigenvalue weighted by Gasteiger charge is -2.00. The highest BCUT2D eigenvalue weighted by Crippen LogP contribution is 2.24. The normalized spacial score (nSPS) is 10.8. The van der Waals surface area contributed by atoms with Crippen LogP contribution in [0.4, 0.5) is 0 Å². The molecule has 2 nitrogen and oxygen atoms in total. The molecule has 0 fully saturated rings. The topological polar surface area (TPSA) is 26.0 Å². The first-order chi connectivity index (χ1) is 7.83. The molecule has 1 heterocycles. The molecule has 0 radical (unpaired) electrons. The Balaban J connectivity index is 2.14. The highest BCUT2D eigenvalue weighted by Gasteiger charge is 2.02. The first-order valence-corrected chi connectivity index (χ1v) is 5.30. The summed E-state index contributed by atoms with van der Waals surface area (Å²) in [5.74, 6) is 0. The molecular weight excluding hydrogens is 222 g/mol. The second-order valence-electron chi connectivity index (χ2n) is 3.54. The smallest absolute Gasteiger partial charge is 0.181 e. The van der Waals surface area contributed by atoms with E-state index in [0.717, 1.165) is 27.2 Å². The van der Waals surface area contributed by atoms with Crippen LogP contribution in [-0.4, -0.2) is 4.98 Å². The quantitative estimate of drug-likeness (QED) is 0.627. The van der Waals surface area contributed by atoms with Gasteiger partial charge in [0.15, 0.2) is 12.0 Å². The van der Waals surface area contributed by atoms with Gasteiger partial charge in [-0.1, -0.05) is 29.8 Å². The average Bonchev–Trinajstić information content (AvgIpc) is 2.77. The Morgan fingerprint density at radius 3 is 2.50 bits per heavy atom. The molecule has 0 aliphatic rings. The lowest BCUT2D eigenvalue weighted by Crippen LogP contribution is -1.77. The molecule has 0 amide bonds. The van der Waals surface area contributed by atoms with Crippen LogP contribution in [0.3, 0.4) is 0 Å². The molecule has 16 heavy (non-hydrogen) atoms. The van der Waals surface area contributed by atoms with E-state index in [1.807, 2.05) is 42.5 Å². The third-order valence-corrected chi connectivity index (χ3v) is 2.76. The number of nitrogens with zero attached hydrogens (tertiary/aromatic N) is 1. The van der Waals surface area contributed by atoms with E-state index in [1.165, 1.54) is 6.39 Å². The molecule has 0 N–H and O–H groups in total. The summed E-state index contributed by atoms with van der Waals surface area (Å²) in [6.45, 7) is 0. The number of hydrogen-bond donors (Lipinski definition) is 0. The van der Waals surface area contributed by atoms with Crippen LogP contribution in [0, 0.1) is 0 Å². The third kappa shape index (κ3) is 1.57. The van der Waals surface area contributed by atoms with Crippen LogP contribution in [0.2, 0.25) is 5.02 Å². The van der Waals surface area contributed by atoms with E-state index < -0.39 is 0 Å². The SMILES string of the molecule is Clc1ccc(-c2ccc3ncoc3c2)cc1. The van der Waals surface area contributed by atoms with Crippen molar-refractivity contribution >= 4 is 22.7 Å². The van der Waals surface area contributed by atoms with Crippen molar-refractivity contribution in [1.82, 2.24) is 4.98 Å². The summed E-state index contributed by atoms with van der Waals surface area (Å²) in [5, 5.41) is 0.740. The van der Waals surface area contributed by atoms with E-state index in [-0.39, 0.29) is 0 Å². The zero-order chi connectivity index (χ0) is 11.0. The van der Waals surface area contributed by atoms with Gasteiger partial charge in [-0.2, -0.15) is 0 Å². The molecule has 0 bridgehead atoms. The van der Waals surface area contributed by atoms with Crippen LogP contribution < -0.4 is 0 Å². The van der Waals surface area contributed by atoms with Crippen molar-refractivity contribution in [3.8, 4) is 11.1 Å². The minimum atomic E-state index is 0.740. The van der Waals surface area contributed by atoms with Crippen molar-refractivity contribution in [3.63, 3.8) is 0 Å². The predicted molar refractivity (Wildman–Crippen MR) is 64.5 cm³/mol. The Hall–Kier alpha value is -1.80. The van der Waals surface area contributed by atoms with Gasteiger partial charge >= 0.3 is 0 Å². The minimum Gasteiger partial charge on any atom is -0.443 e. The van der Waals surface area contributed by atoms with Gasteiger partial charge in [0.05, 0.1) is 0 Å². The van der Waals surface area contributed by atoms with Gasteiger partial charge < -0.3 is 4.42 Å². The zero-order valence-corrected chi connectivity index (χ0v) is 9.11. The fourth-order valence-electron chi connectivity index (χ4n) is 1.68. The summed E-state index contributed by atoms with van der Waals surface area (Å²) >= 11 is 5.85. The molecular formula is C13H8ClNO. The van der Waals surface area contributed by atoms with Crippen molar-refractivity contribution < 1.29 is 4.42 Å². The van der Waals surface area contributed by atoms with Crippen molar-refractivity contribution in [3.05, 3.63) is 53.9 Å². The molecule has 2 aromatic carbocycles. The number of benzene rings is 2. The lowest BCUT2D eigenvalue weighted by molar-refractivity contribution is 0.602. The maximum absolute atomic E-state index is 5.85. The van der Waals surface area contributed by atoms with Crippen LogP contribution in [-0.2, 0) is 0 Å². The largest absolute Gasteiger partial charge is 0.443 e. The number of rotatable bonds is 1. The highest BCUT2D eigenvalue weighted by atomic mass is 35.5. The van der Waals surface area contributed by atoms with Gasteiger partial charge in [0.25, 0.3) is 0 Å². The molecule has 0 spiro atoms. The number of fused-ring (bicyclic) bond motifs is 1. The first kappa shape index (κ1) is 9.43. The molecule has 3 rings (SSSR count). The average molecular weight is 230 g/mol. The zero-order valence-electron chi connectivity index (χ0n) is 8.35. The second-order valence-corrected chi connectivity index (χ2v) is 3.98. The van der Waals surface area contributed by atoms with Gasteiger partial charge in [-0.3, -0.25) is 0 Å². The van der Waals surface area contributed by atoms with Gasteiger partial charge in [0.2, 0.25) is 0 Å². The van der Waals surface area contributed by atoms with Gasteiger partial charge in [-0.25, -0.2) is 4.98 Å². The van der Waals surface area contributed by atoms with E-state index >= 15 is 0 Å². The Kier molecular flexibility index (Phi) is 2.15. The lowest BCUT2D eigenvalue weighted by atomic mass is 10.1. The number of aromatic nitrogens is 1. The van der Waals surface area contributed by atoms with E-state index in [4.69, 9.17) is 16.0 Å². The molecule has 3 aromatic rings. The summed E-state index contributed by atoms with van der Waals surface area (Å²) in [4.78, 5) is 4.08. The molecule has 0 unspecified atom stereocenters. The fourth-order valence-corrected chi connectivity index (χ4v) is 1.80. The Morgan fingerprint density at radius 1 is 0.938 bits per heavy atom. The maximum atomic E-state index is 5.85. The fraction of sp³-hybridized carbons (Fsp3) is 0. The predicted octanol–water partition coefficient (Wildman–Crippen LogP) is 4.15. The van der Waals surface area contributed by atoms with Gasteiger partial charge in [0, 0.05) is 5.02 Å². The standard InChI is InChI=1S/C13H8ClNO/c14-11-4-1-9(2-5-11)10-3-6-12-13(7-10)16-8-15-12/h1-8H. The summed E-state index contributed by atoms with van der Waals surface area (Å²) in [6, 6.07) is 13.7. The molecule has 0 aliphatic carbocycles. The number of hydrogen-bond acceptors (Lipinski definition) is 2. The van der Waals surface area contributed by atoms with Crippen molar-refractivity contribution in [2.75, 3.05) is 0 Å². The Bertz CT molecular complexity index is 628. The number of oxazole rings is 1. The molecule has 0 saturated carbocycles.